The third-order valence-corrected chi connectivity index (χ3v) is 2.86. The lowest BCUT2D eigenvalue weighted by molar-refractivity contribution is 0.467. The van der Waals surface area contributed by atoms with Crippen LogP contribution >= 0.6 is 23.4 Å². The number of hydrogen-bond acceptors (Lipinski definition) is 2. The van der Waals surface area contributed by atoms with Gasteiger partial charge in [0.2, 0.25) is 0 Å². The Hall–Kier alpha value is -0.800. The monoisotopic (exact) mass is 213 g/mol. The topological polar surface area (TPSA) is 36.0 Å². The highest BCUT2D eigenvalue weighted by molar-refractivity contribution is 8.00. The normalized spacial score (nSPS) is 10.8. The van der Waals surface area contributed by atoms with E-state index in [4.69, 9.17) is 11.6 Å². The molecule has 0 spiro atoms. The zero-order valence-corrected chi connectivity index (χ0v) is 8.32. The van der Waals surface area contributed by atoms with Gasteiger partial charge in [-0.15, -0.1) is 11.6 Å². The number of rotatable bonds is 2. The summed E-state index contributed by atoms with van der Waals surface area (Å²) in [7, 11) is 0. The number of alkyl halides is 1. The summed E-state index contributed by atoms with van der Waals surface area (Å²) in [4.78, 5) is 3.09. The van der Waals surface area contributed by atoms with E-state index in [1.807, 2.05) is 24.3 Å². The highest BCUT2D eigenvalue weighted by Gasteiger charge is 2.08. The minimum atomic E-state index is 0.293. The molecular formula is C9H8ClNOS. The van der Waals surface area contributed by atoms with Crippen LogP contribution in [0.4, 0.5) is 0 Å². The zero-order chi connectivity index (χ0) is 9.26. The summed E-state index contributed by atoms with van der Waals surface area (Å²) in [6.07, 6.45) is 0. The average Bonchev–Trinajstić information content (AvgIpc) is 2.46. The predicted octanol–water partition coefficient (Wildman–Crippen LogP) is 3.16. The summed E-state index contributed by atoms with van der Waals surface area (Å²) in [6, 6.07) is 7.62. The number of nitrogens with one attached hydrogen (secondary N) is 1. The number of hydrogen-bond donors (Lipinski definition) is 2. The lowest BCUT2D eigenvalue weighted by atomic mass is 10.2. The van der Waals surface area contributed by atoms with Crippen LogP contribution in [0.2, 0.25) is 0 Å². The molecule has 2 rings (SSSR count). The van der Waals surface area contributed by atoms with E-state index in [1.165, 1.54) is 11.8 Å². The lowest BCUT2D eigenvalue weighted by Gasteiger charge is -1.92. The quantitative estimate of drug-likeness (QED) is 0.594. The van der Waals surface area contributed by atoms with Gasteiger partial charge in [-0.1, -0.05) is 23.9 Å². The Morgan fingerprint density at radius 1 is 1.38 bits per heavy atom. The maximum absolute atomic E-state index is 9.71. The van der Waals surface area contributed by atoms with Crippen molar-refractivity contribution in [1.29, 1.82) is 0 Å². The average molecular weight is 214 g/mol. The molecule has 2 aromatic rings. The molecule has 1 heterocycles. The van der Waals surface area contributed by atoms with Gasteiger partial charge in [-0.25, -0.2) is 0 Å². The van der Waals surface area contributed by atoms with E-state index in [2.05, 4.69) is 4.98 Å². The predicted molar refractivity (Wildman–Crippen MR) is 56.5 cm³/mol. The van der Waals surface area contributed by atoms with E-state index in [1.54, 1.807) is 0 Å². The Bertz CT molecular complexity index is 426. The smallest absolute Gasteiger partial charge is 0.155 e. The Kier molecular flexibility index (Phi) is 2.38. The summed E-state index contributed by atoms with van der Waals surface area (Å²) in [5.41, 5.74) is 0.938. The molecule has 0 fully saturated rings. The summed E-state index contributed by atoms with van der Waals surface area (Å²) in [6.45, 7) is 0. The van der Waals surface area contributed by atoms with Crippen LogP contribution in [0.15, 0.2) is 29.3 Å². The van der Waals surface area contributed by atoms with Gasteiger partial charge >= 0.3 is 0 Å². The molecule has 13 heavy (non-hydrogen) atoms. The largest absolute Gasteiger partial charge is 0.505 e. The highest BCUT2D eigenvalue weighted by atomic mass is 35.5. The second kappa shape index (κ2) is 3.52. The van der Waals surface area contributed by atoms with Crippen molar-refractivity contribution in [3.05, 3.63) is 24.3 Å². The van der Waals surface area contributed by atoms with Crippen LogP contribution in [-0.2, 0) is 0 Å². The molecule has 0 amide bonds. The Balaban J connectivity index is 2.60. The molecule has 0 radical (unpaired) electrons. The van der Waals surface area contributed by atoms with E-state index in [0.29, 0.717) is 11.0 Å². The number of fused-ring (bicyclic) bond motifs is 1. The van der Waals surface area contributed by atoms with Gasteiger partial charge in [-0.3, -0.25) is 0 Å². The van der Waals surface area contributed by atoms with E-state index >= 15 is 0 Å². The zero-order valence-electron chi connectivity index (χ0n) is 6.75. The molecule has 0 saturated carbocycles. The molecule has 2 N–H and O–H groups in total. The summed E-state index contributed by atoms with van der Waals surface area (Å²) in [5, 5.41) is 11.7. The second-order valence-electron chi connectivity index (χ2n) is 2.60. The fourth-order valence-electron chi connectivity index (χ4n) is 1.26. The first-order valence-corrected chi connectivity index (χ1v) is 5.33. The van der Waals surface area contributed by atoms with Gasteiger partial charge in [-0.2, -0.15) is 0 Å². The van der Waals surface area contributed by atoms with Gasteiger partial charge < -0.3 is 10.1 Å². The van der Waals surface area contributed by atoms with Crippen molar-refractivity contribution in [2.45, 2.75) is 5.03 Å². The molecule has 2 nitrogen and oxygen atoms in total. The number of aromatic amines is 1. The molecule has 0 aliphatic carbocycles. The lowest BCUT2D eigenvalue weighted by Crippen LogP contribution is -1.69. The first-order chi connectivity index (χ1) is 6.33. The van der Waals surface area contributed by atoms with Crippen LogP contribution in [0.5, 0.6) is 5.75 Å². The molecule has 0 aliphatic rings. The third-order valence-electron chi connectivity index (χ3n) is 1.84. The van der Waals surface area contributed by atoms with Crippen LogP contribution in [0.3, 0.4) is 0 Å². The summed E-state index contributed by atoms with van der Waals surface area (Å²) in [5.74, 6) is 0.293. The molecule has 0 aliphatic heterocycles. The number of aromatic hydroxyl groups is 1. The van der Waals surface area contributed by atoms with Crippen molar-refractivity contribution in [2.24, 2.45) is 0 Å². The van der Waals surface area contributed by atoms with Crippen LogP contribution in [0.1, 0.15) is 0 Å². The number of para-hydroxylation sites is 1. The first kappa shape index (κ1) is 8.78. The van der Waals surface area contributed by atoms with Gasteiger partial charge in [0, 0.05) is 5.39 Å². The van der Waals surface area contributed by atoms with E-state index in [9.17, 15) is 5.11 Å². The van der Waals surface area contributed by atoms with Crippen molar-refractivity contribution in [1.82, 2.24) is 4.98 Å². The Labute approximate surface area is 84.9 Å². The molecule has 0 saturated heterocycles. The Morgan fingerprint density at radius 2 is 2.15 bits per heavy atom. The summed E-state index contributed by atoms with van der Waals surface area (Å²) >= 11 is 6.95. The van der Waals surface area contributed by atoms with Gasteiger partial charge in [-0.05, 0) is 12.1 Å². The van der Waals surface area contributed by atoms with Crippen LogP contribution < -0.4 is 0 Å². The first-order valence-electron chi connectivity index (χ1n) is 3.81. The Morgan fingerprint density at radius 3 is 2.85 bits per heavy atom. The van der Waals surface area contributed by atoms with E-state index in [0.717, 1.165) is 15.9 Å². The minimum Gasteiger partial charge on any atom is -0.505 e. The summed E-state index contributed by atoms with van der Waals surface area (Å²) < 4.78 is 0. The number of halogens is 1. The van der Waals surface area contributed by atoms with Gasteiger partial charge in [0.1, 0.15) is 5.03 Å². The molecule has 0 unspecified atom stereocenters. The van der Waals surface area contributed by atoms with Crippen LogP contribution in [-0.4, -0.2) is 15.3 Å². The molecule has 1 aromatic heterocycles. The maximum atomic E-state index is 9.71. The highest BCUT2D eigenvalue weighted by Crippen LogP contribution is 2.35. The molecular weight excluding hydrogens is 206 g/mol. The molecule has 4 heteroatoms. The van der Waals surface area contributed by atoms with Gasteiger partial charge in [0.25, 0.3) is 0 Å². The van der Waals surface area contributed by atoms with Crippen molar-refractivity contribution in [2.75, 3.05) is 5.21 Å². The fraction of sp³-hybridized carbons (Fsp3) is 0.111. The van der Waals surface area contributed by atoms with Gasteiger partial charge in [0.15, 0.2) is 5.75 Å². The number of benzene rings is 1. The number of aromatic nitrogens is 1. The maximum Gasteiger partial charge on any atom is 0.155 e. The van der Waals surface area contributed by atoms with Crippen molar-refractivity contribution < 1.29 is 5.11 Å². The van der Waals surface area contributed by atoms with Crippen molar-refractivity contribution in [3.8, 4) is 5.75 Å². The molecule has 0 bridgehead atoms. The number of H-pyrrole nitrogens is 1. The third kappa shape index (κ3) is 1.49. The molecule has 0 atom stereocenters. The van der Waals surface area contributed by atoms with E-state index < -0.39 is 0 Å². The second-order valence-corrected chi connectivity index (χ2v) is 4.17. The van der Waals surface area contributed by atoms with Gasteiger partial charge in [0.05, 0.1) is 10.7 Å². The number of thioether (sulfide) groups is 1. The standard InChI is InChI=1S/C9H8ClNOS/c10-5-13-9-8(12)6-3-1-2-4-7(6)11-9/h1-4,11-12H,5H2. The minimum absolute atomic E-state index is 0.293. The fourth-order valence-corrected chi connectivity index (χ4v) is 2.13. The van der Waals surface area contributed by atoms with Crippen LogP contribution in [0.25, 0.3) is 10.9 Å². The van der Waals surface area contributed by atoms with E-state index in [-0.39, 0.29) is 0 Å². The SMILES string of the molecule is Oc1c(SCCl)[nH]c2ccccc12. The van der Waals surface area contributed by atoms with Crippen molar-refractivity contribution >= 4 is 34.3 Å². The van der Waals surface area contributed by atoms with Crippen LogP contribution in [0, 0.1) is 0 Å². The molecule has 68 valence electrons. The molecule has 1 aromatic carbocycles. The van der Waals surface area contributed by atoms with Crippen molar-refractivity contribution in [3.63, 3.8) is 0 Å².